The van der Waals surface area contributed by atoms with Crippen molar-refractivity contribution < 1.29 is 0 Å². The molecule has 2 heteroatoms. The molecule has 0 aliphatic carbocycles. The van der Waals surface area contributed by atoms with Gasteiger partial charge in [0.25, 0.3) is 0 Å². The van der Waals surface area contributed by atoms with Gasteiger partial charge in [0.15, 0.2) is 0 Å². The van der Waals surface area contributed by atoms with E-state index in [1.54, 1.807) is 0 Å². The van der Waals surface area contributed by atoms with Crippen LogP contribution in [0, 0.1) is 34.6 Å². The van der Waals surface area contributed by atoms with E-state index >= 15 is 0 Å². The van der Waals surface area contributed by atoms with Crippen LogP contribution in [0.4, 0.5) is 0 Å². The number of fused-ring (bicyclic) bond motifs is 1. The predicted octanol–water partition coefficient (Wildman–Crippen LogP) is 2.88. The molecule has 2 nitrogen and oxygen atoms in total. The molecule has 0 saturated heterocycles. The number of nitrogens with zero attached hydrogens (tertiary/aromatic N) is 2. The standard InChI is InChI=1S/C12H16N2/c1-7-8(2)11(5)14-6-13-10(4)12(14)9(7)3/h6H,1-5H3. The van der Waals surface area contributed by atoms with Crippen molar-refractivity contribution in [2.75, 3.05) is 0 Å². The van der Waals surface area contributed by atoms with Gasteiger partial charge in [0, 0.05) is 5.69 Å². The fourth-order valence-electron chi connectivity index (χ4n) is 2.05. The first-order chi connectivity index (χ1) is 6.54. The summed E-state index contributed by atoms with van der Waals surface area (Å²) in [6, 6.07) is 0. The Bertz CT molecular complexity index is 507. The fourth-order valence-corrected chi connectivity index (χ4v) is 2.05. The zero-order chi connectivity index (χ0) is 10.5. The molecule has 0 radical (unpaired) electrons. The lowest BCUT2D eigenvalue weighted by atomic mass is 10.0. The molecule has 0 aliphatic rings. The maximum absolute atomic E-state index is 4.36. The van der Waals surface area contributed by atoms with E-state index in [0.29, 0.717) is 0 Å². The summed E-state index contributed by atoms with van der Waals surface area (Å²) in [5.41, 5.74) is 7.79. The highest BCUT2D eigenvalue weighted by Crippen LogP contribution is 2.23. The molecule has 2 heterocycles. The first-order valence-electron chi connectivity index (χ1n) is 4.94. The van der Waals surface area contributed by atoms with E-state index in [9.17, 15) is 0 Å². The average Bonchev–Trinajstić information content (AvgIpc) is 2.54. The van der Waals surface area contributed by atoms with Crippen LogP contribution in [0.25, 0.3) is 5.52 Å². The van der Waals surface area contributed by atoms with E-state index in [0.717, 1.165) is 5.69 Å². The summed E-state index contributed by atoms with van der Waals surface area (Å²) in [6.07, 6.45) is 1.92. The van der Waals surface area contributed by atoms with Crippen molar-refractivity contribution >= 4 is 5.52 Å². The van der Waals surface area contributed by atoms with Crippen LogP contribution in [0.1, 0.15) is 28.1 Å². The Labute approximate surface area is 84.6 Å². The lowest BCUT2D eigenvalue weighted by Gasteiger charge is -2.12. The van der Waals surface area contributed by atoms with Crippen LogP contribution in [-0.2, 0) is 0 Å². The second-order valence-corrected chi connectivity index (χ2v) is 4.01. The topological polar surface area (TPSA) is 17.3 Å². The first kappa shape index (κ1) is 9.25. The van der Waals surface area contributed by atoms with Gasteiger partial charge in [-0.3, -0.25) is 0 Å². The summed E-state index contributed by atoms with van der Waals surface area (Å²) < 4.78 is 2.19. The van der Waals surface area contributed by atoms with Crippen molar-refractivity contribution in [2.45, 2.75) is 34.6 Å². The number of pyridine rings is 1. The van der Waals surface area contributed by atoms with Crippen molar-refractivity contribution in [2.24, 2.45) is 0 Å². The Morgan fingerprint density at radius 1 is 0.929 bits per heavy atom. The molecule has 0 bridgehead atoms. The third-order valence-corrected chi connectivity index (χ3v) is 3.33. The summed E-state index contributed by atoms with van der Waals surface area (Å²) in [4.78, 5) is 4.36. The maximum Gasteiger partial charge on any atom is 0.0997 e. The summed E-state index contributed by atoms with van der Waals surface area (Å²) in [5, 5.41) is 0. The molecule has 14 heavy (non-hydrogen) atoms. The zero-order valence-electron chi connectivity index (χ0n) is 9.47. The summed E-state index contributed by atoms with van der Waals surface area (Å²) in [5.74, 6) is 0. The van der Waals surface area contributed by atoms with Gasteiger partial charge in [-0.25, -0.2) is 4.98 Å². The number of aryl methyl sites for hydroxylation is 3. The van der Waals surface area contributed by atoms with Crippen LogP contribution < -0.4 is 0 Å². The average molecular weight is 188 g/mol. The smallest absolute Gasteiger partial charge is 0.0997 e. The van der Waals surface area contributed by atoms with Gasteiger partial charge in [0.05, 0.1) is 17.5 Å². The molecule has 74 valence electrons. The molecule has 0 unspecified atom stereocenters. The molecule has 0 aliphatic heterocycles. The largest absolute Gasteiger partial charge is 0.303 e. The molecule has 0 amide bonds. The molecular weight excluding hydrogens is 172 g/mol. The van der Waals surface area contributed by atoms with Gasteiger partial charge in [0.1, 0.15) is 0 Å². The van der Waals surface area contributed by atoms with Crippen LogP contribution in [0.15, 0.2) is 6.33 Å². The minimum Gasteiger partial charge on any atom is -0.303 e. The lowest BCUT2D eigenvalue weighted by molar-refractivity contribution is 1.02. The molecular formula is C12H16N2. The van der Waals surface area contributed by atoms with Gasteiger partial charge in [-0.1, -0.05) is 0 Å². The van der Waals surface area contributed by atoms with Crippen LogP contribution >= 0.6 is 0 Å². The van der Waals surface area contributed by atoms with Gasteiger partial charge in [-0.2, -0.15) is 0 Å². The Morgan fingerprint density at radius 3 is 2.21 bits per heavy atom. The molecule has 0 atom stereocenters. The van der Waals surface area contributed by atoms with E-state index in [4.69, 9.17) is 0 Å². The van der Waals surface area contributed by atoms with Gasteiger partial charge >= 0.3 is 0 Å². The molecule has 0 aromatic carbocycles. The normalized spacial score (nSPS) is 11.2. The monoisotopic (exact) mass is 188 g/mol. The number of hydrogen-bond acceptors (Lipinski definition) is 1. The molecule has 0 fully saturated rings. The van der Waals surface area contributed by atoms with Gasteiger partial charge in [-0.05, 0) is 51.3 Å². The highest BCUT2D eigenvalue weighted by molar-refractivity contribution is 5.63. The molecule has 2 rings (SSSR count). The third-order valence-electron chi connectivity index (χ3n) is 3.33. The number of rotatable bonds is 0. The van der Waals surface area contributed by atoms with E-state index in [-0.39, 0.29) is 0 Å². The highest BCUT2D eigenvalue weighted by Gasteiger charge is 2.10. The first-order valence-corrected chi connectivity index (χ1v) is 4.94. The second kappa shape index (κ2) is 2.84. The highest BCUT2D eigenvalue weighted by atomic mass is 15.0. The summed E-state index contributed by atoms with van der Waals surface area (Å²) >= 11 is 0. The molecule has 0 spiro atoms. The predicted molar refractivity (Wildman–Crippen MR) is 58.9 cm³/mol. The van der Waals surface area contributed by atoms with Crippen LogP contribution in [0.3, 0.4) is 0 Å². The van der Waals surface area contributed by atoms with Gasteiger partial charge < -0.3 is 4.40 Å². The minimum atomic E-state index is 1.12. The van der Waals surface area contributed by atoms with Crippen LogP contribution in [0.5, 0.6) is 0 Å². The number of hydrogen-bond donors (Lipinski definition) is 0. The van der Waals surface area contributed by atoms with Crippen molar-refractivity contribution in [3.05, 3.63) is 34.4 Å². The van der Waals surface area contributed by atoms with E-state index in [1.807, 2.05) is 6.33 Å². The number of imidazole rings is 1. The van der Waals surface area contributed by atoms with Crippen molar-refractivity contribution in [3.63, 3.8) is 0 Å². The summed E-state index contributed by atoms with van der Waals surface area (Å²) in [7, 11) is 0. The Balaban J connectivity index is 3.05. The molecule has 2 aromatic rings. The van der Waals surface area contributed by atoms with Crippen LogP contribution in [-0.4, -0.2) is 9.38 Å². The van der Waals surface area contributed by atoms with Gasteiger partial charge in [-0.15, -0.1) is 0 Å². The zero-order valence-corrected chi connectivity index (χ0v) is 9.47. The van der Waals surface area contributed by atoms with Crippen molar-refractivity contribution in [1.29, 1.82) is 0 Å². The van der Waals surface area contributed by atoms with E-state index < -0.39 is 0 Å². The van der Waals surface area contributed by atoms with Crippen LogP contribution in [0.2, 0.25) is 0 Å². The SMILES string of the molecule is Cc1c(C)c(C)n2cnc(C)c2c1C. The quantitative estimate of drug-likeness (QED) is 0.621. The Kier molecular flexibility index (Phi) is 1.88. The fraction of sp³-hybridized carbons (Fsp3) is 0.417. The summed E-state index contributed by atoms with van der Waals surface area (Å²) in [6.45, 7) is 10.7. The van der Waals surface area contributed by atoms with Gasteiger partial charge in [0.2, 0.25) is 0 Å². The van der Waals surface area contributed by atoms with E-state index in [2.05, 4.69) is 44.0 Å². The molecule has 2 aromatic heterocycles. The third kappa shape index (κ3) is 0.999. The van der Waals surface area contributed by atoms with Crippen molar-refractivity contribution in [1.82, 2.24) is 9.38 Å². The minimum absolute atomic E-state index is 1.12. The maximum atomic E-state index is 4.36. The second-order valence-electron chi connectivity index (χ2n) is 4.01. The molecule has 0 N–H and O–H groups in total. The number of aromatic nitrogens is 2. The lowest BCUT2D eigenvalue weighted by Crippen LogP contribution is -2.00. The van der Waals surface area contributed by atoms with Crippen molar-refractivity contribution in [3.8, 4) is 0 Å². The van der Waals surface area contributed by atoms with E-state index in [1.165, 1.54) is 27.9 Å². The Morgan fingerprint density at radius 2 is 1.57 bits per heavy atom. The molecule has 0 saturated carbocycles. The Hall–Kier alpha value is -1.31.